The van der Waals surface area contributed by atoms with Gasteiger partial charge in [0.2, 0.25) is 6.10 Å². The zero-order chi connectivity index (χ0) is 9.26. The first-order chi connectivity index (χ1) is 6.27. The Kier molecular flexibility index (Phi) is 1.73. The van der Waals surface area contributed by atoms with E-state index in [4.69, 9.17) is 9.84 Å². The van der Waals surface area contributed by atoms with Crippen molar-refractivity contribution in [2.45, 2.75) is 6.10 Å². The molecule has 2 heterocycles. The third-order valence-corrected chi connectivity index (χ3v) is 1.73. The molecule has 0 bridgehead atoms. The first-order valence-electron chi connectivity index (χ1n) is 3.80. The molecule has 1 aromatic rings. The summed E-state index contributed by atoms with van der Waals surface area (Å²) >= 11 is 0. The van der Waals surface area contributed by atoms with Gasteiger partial charge in [0.15, 0.2) is 0 Å². The average Bonchev–Trinajstić information content (AvgIpc) is 2.17. The molecule has 0 aliphatic carbocycles. The van der Waals surface area contributed by atoms with Crippen LogP contribution in [0.3, 0.4) is 0 Å². The lowest BCUT2D eigenvalue weighted by Crippen LogP contribution is -2.26. The van der Waals surface area contributed by atoms with Crippen molar-refractivity contribution in [1.82, 2.24) is 4.98 Å². The van der Waals surface area contributed by atoms with E-state index in [-0.39, 0.29) is 0 Å². The summed E-state index contributed by atoms with van der Waals surface area (Å²) in [5.74, 6) is -0.483. The van der Waals surface area contributed by atoms with Crippen LogP contribution in [0.15, 0.2) is 24.4 Å². The second-order valence-corrected chi connectivity index (χ2v) is 2.62. The number of fused-ring (bicyclic) bond motifs is 1. The number of hydrogen-bond acceptors (Lipinski definition) is 3. The maximum atomic E-state index is 10.6. The number of hydrogen-bond donors (Lipinski definition) is 1. The summed E-state index contributed by atoms with van der Waals surface area (Å²) in [4.78, 5) is 14.6. The topological polar surface area (TPSA) is 59.4 Å². The zero-order valence-corrected chi connectivity index (χ0v) is 6.68. The van der Waals surface area contributed by atoms with Crippen LogP contribution in [0.4, 0.5) is 0 Å². The second-order valence-electron chi connectivity index (χ2n) is 2.62. The van der Waals surface area contributed by atoms with Crippen LogP contribution < -0.4 is 4.74 Å². The fourth-order valence-corrected chi connectivity index (χ4v) is 1.11. The molecule has 0 fully saturated rings. The number of rotatable bonds is 1. The molecule has 1 aromatic heterocycles. The van der Waals surface area contributed by atoms with E-state index < -0.39 is 12.1 Å². The summed E-state index contributed by atoms with van der Waals surface area (Å²) in [6.07, 6.45) is 3.86. The molecule has 0 radical (unpaired) electrons. The van der Waals surface area contributed by atoms with Gasteiger partial charge in [0.25, 0.3) is 0 Å². The summed E-state index contributed by atoms with van der Waals surface area (Å²) in [5.41, 5.74) is 0.667. The summed E-state index contributed by atoms with van der Waals surface area (Å²) in [6.45, 7) is 0. The smallest absolute Gasteiger partial charge is 0.349 e. The highest BCUT2D eigenvalue weighted by Crippen LogP contribution is 2.22. The molecule has 1 unspecified atom stereocenters. The number of pyridine rings is 1. The van der Waals surface area contributed by atoms with Crippen molar-refractivity contribution < 1.29 is 14.6 Å². The molecule has 0 spiro atoms. The summed E-state index contributed by atoms with van der Waals surface area (Å²) < 4.78 is 5.14. The quantitative estimate of drug-likeness (QED) is 0.693. The Morgan fingerprint density at radius 1 is 1.62 bits per heavy atom. The minimum absolute atomic E-state index is 0.511. The van der Waals surface area contributed by atoms with Crippen LogP contribution in [-0.2, 0) is 4.79 Å². The fraction of sp³-hybridized carbons (Fsp3) is 0.111. The molecule has 66 valence electrons. The lowest BCUT2D eigenvalue weighted by Gasteiger charge is -2.16. The van der Waals surface area contributed by atoms with E-state index >= 15 is 0 Å². The van der Waals surface area contributed by atoms with E-state index in [1.807, 2.05) is 0 Å². The second kappa shape index (κ2) is 2.90. The molecule has 1 atom stereocenters. The van der Waals surface area contributed by atoms with Crippen LogP contribution in [0.2, 0.25) is 0 Å². The van der Waals surface area contributed by atoms with Crippen LogP contribution in [0.5, 0.6) is 5.75 Å². The molecule has 4 heteroatoms. The molecular weight excluding hydrogens is 170 g/mol. The number of ether oxygens (including phenoxy) is 1. The minimum Gasteiger partial charge on any atom is -0.478 e. The number of carbonyl (C=O) groups is 1. The van der Waals surface area contributed by atoms with Crippen molar-refractivity contribution >= 4 is 12.0 Å². The van der Waals surface area contributed by atoms with Gasteiger partial charge in [-0.15, -0.1) is 0 Å². The van der Waals surface area contributed by atoms with Crippen molar-refractivity contribution in [1.29, 1.82) is 0 Å². The summed E-state index contributed by atoms with van der Waals surface area (Å²) in [5, 5.41) is 8.67. The molecule has 0 amide bonds. The molecule has 1 aliphatic rings. The first-order valence-corrected chi connectivity index (χ1v) is 3.80. The van der Waals surface area contributed by atoms with Crippen molar-refractivity contribution in [2.24, 2.45) is 0 Å². The minimum atomic E-state index is -0.995. The number of carboxylic acid groups (broad SMARTS) is 1. The standard InChI is InChI=1S/C9H7NO3/c11-9(12)8-4-3-6-7(13-8)2-1-5-10-6/h1-5,8H,(H,11,12). The maximum Gasteiger partial charge on any atom is 0.349 e. The van der Waals surface area contributed by atoms with Crippen LogP contribution in [0, 0.1) is 0 Å². The van der Waals surface area contributed by atoms with E-state index in [1.165, 1.54) is 6.08 Å². The highest BCUT2D eigenvalue weighted by Gasteiger charge is 2.20. The molecule has 4 nitrogen and oxygen atoms in total. The largest absolute Gasteiger partial charge is 0.478 e. The van der Waals surface area contributed by atoms with Crippen LogP contribution in [0.25, 0.3) is 6.08 Å². The van der Waals surface area contributed by atoms with Crippen LogP contribution in [0.1, 0.15) is 5.69 Å². The van der Waals surface area contributed by atoms with E-state index in [2.05, 4.69) is 4.98 Å². The Morgan fingerprint density at radius 2 is 2.46 bits per heavy atom. The lowest BCUT2D eigenvalue weighted by molar-refractivity contribution is -0.142. The molecule has 1 N–H and O–H groups in total. The van der Waals surface area contributed by atoms with E-state index in [9.17, 15) is 4.79 Å². The molecule has 1 aliphatic heterocycles. The normalized spacial score (nSPS) is 18.9. The average molecular weight is 177 g/mol. The summed E-state index contributed by atoms with van der Waals surface area (Å²) in [7, 11) is 0. The maximum absolute atomic E-state index is 10.6. The Bertz CT molecular complexity index is 373. The Hall–Kier alpha value is -1.84. The first kappa shape index (κ1) is 7.79. The molecular formula is C9H7NO3. The third-order valence-electron chi connectivity index (χ3n) is 1.73. The molecule has 13 heavy (non-hydrogen) atoms. The van der Waals surface area contributed by atoms with Gasteiger partial charge < -0.3 is 9.84 Å². The van der Waals surface area contributed by atoms with Crippen LogP contribution in [-0.4, -0.2) is 22.2 Å². The monoisotopic (exact) mass is 177 g/mol. The SMILES string of the molecule is O=C(O)C1C=Cc2ncccc2O1. The highest BCUT2D eigenvalue weighted by molar-refractivity contribution is 5.78. The zero-order valence-electron chi connectivity index (χ0n) is 6.68. The van der Waals surface area contributed by atoms with Gasteiger partial charge in [-0.3, -0.25) is 4.98 Å². The van der Waals surface area contributed by atoms with Gasteiger partial charge in [-0.05, 0) is 24.3 Å². The van der Waals surface area contributed by atoms with Gasteiger partial charge in [-0.25, -0.2) is 4.79 Å². The number of aromatic nitrogens is 1. The van der Waals surface area contributed by atoms with Gasteiger partial charge in [0.1, 0.15) is 11.4 Å². The fourth-order valence-electron chi connectivity index (χ4n) is 1.11. The number of aliphatic carboxylic acids is 1. The van der Waals surface area contributed by atoms with Gasteiger partial charge >= 0.3 is 5.97 Å². The van der Waals surface area contributed by atoms with Crippen molar-refractivity contribution in [2.75, 3.05) is 0 Å². The Balaban J connectivity index is 2.34. The lowest BCUT2D eigenvalue weighted by atomic mass is 10.2. The van der Waals surface area contributed by atoms with Crippen molar-refractivity contribution in [3.05, 3.63) is 30.1 Å². The third kappa shape index (κ3) is 1.38. The van der Waals surface area contributed by atoms with Crippen LogP contribution >= 0.6 is 0 Å². The van der Waals surface area contributed by atoms with Gasteiger partial charge in [-0.1, -0.05) is 0 Å². The van der Waals surface area contributed by atoms with Crippen molar-refractivity contribution in [3.8, 4) is 5.75 Å². The van der Waals surface area contributed by atoms with E-state index in [1.54, 1.807) is 24.4 Å². The number of carboxylic acids is 1. The molecule has 0 aromatic carbocycles. The highest BCUT2D eigenvalue weighted by atomic mass is 16.5. The van der Waals surface area contributed by atoms with Gasteiger partial charge in [0.05, 0.1) is 0 Å². The number of nitrogens with zero attached hydrogens (tertiary/aromatic N) is 1. The Labute approximate surface area is 74.5 Å². The van der Waals surface area contributed by atoms with Gasteiger partial charge in [-0.2, -0.15) is 0 Å². The predicted octanol–water partition coefficient (Wildman–Crippen LogP) is 0.940. The van der Waals surface area contributed by atoms with E-state index in [0.29, 0.717) is 11.4 Å². The van der Waals surface area contributed by atoms with E-state index in [0.717, 1.165) is 0 Å². The predicted molar refractivity (Wildman–Crippen MR) is 45.3 cm³/mol. The molecule has 0 saturated heterocycles. The molecule has 0 saturated carbocycles. The molecule has 2 rings (SSSR count). The van der Waals surface area contributed by atoms with Gasteiger partial charge in [0, 0.05) is 6.20 Å². The Morgan fingerprint density at radius 3 is 3.23 bits per heavy atom. The van der Waals surface area contributed by atoms with Crippen molar-refractivity contribution in [3.63, 3.8) is 0 Å². The summed E-state index contributed by atoms with van der Waals surface area (Å²) in [6, 6.07) is 3.40.